The minimum atomic E-state index is -0.293. The number of aromatic nitrogens is 1. The van der Waals surface area contributed by atoms with Gasteiger partial charge in [0.25, 0.3) is 0 Å². The topological polar surface area (TPSA) is 42.3 Å². The highest BCUT2D eigenvalue weighted by Crippen LogP contribution is 2.22. The van der Waals surface area contributed by atoms with Crippen molar-refractivity contribution in [1.29, 1.82) is 0 Å². The first-order valence-corrected chi connectivity index (χ1v) is 4.58. The van der Waals surface area contributed by atoms with Gasteiger partial charge in [0.15, 0.2) is 0 Å². The Balaban J connectivity index is 2.43. The number of rotatable bonds is 2. The number of hydrogen-bond donors (Lipinski definition) is 0. The van der Waals surface area contributed by atoms with Crippen LogP contribution in [0.1, 0.15) is 0 Å². The molecule has 3 nitrogen and oxygen atoms in total. The number of benzene rings is 1. The second-order valence-electron chi connectivity index (χ2n) is 3.14. The van der Waals surface area contributed by atoms with Crippen molar-refractivity contribution < 1.29 is 9.18 Å². The first-order chi connectivity index (χ1) is 7.79. The van der Waals surface area contributed by atoms with Crippen LogP contribution in [0.5, 0.6) is 0 Å². The Bertz CT molecular complexity index is 545. The van der Waals surface area contributed by atoms with E-state index in [0.29, 0.717) is 5.69 Å². The van der Waals surface area contributed by atoms with Gasteiger partial charge in [0, 0.05) is 11.8 Å². The smallest absolute Gasteiger partial charge is 0.240 e. The molecule has 1 heterocycles. The minimum Gasteiger partial charge on any atom is -0.262 e. The fraction of sp³-hybridized carbons (Fsp3) is 0. The summed E-state index contributed by atoms with van der Waals surface area (Å²) in [7, 11) is 0. The van der Waals surface area contributed by atoms with Crippen LogP contribution in [0.3, 0.4) is 0 Å². The van der Waals surface area contributed by atoms with Gasteiger partial charge in [0.05, 0.1) is 11.9 Å². The number of halogens is 1. The van der Waals surface area contributed by atoms with Crippen LogP contribution in [0.25, 0.3) is 11.1 Å². The van der Waals surface area contributed by atoms with Crippen LogP contribution in [-0.2, 0) is 4.79 Å². The first kappa shape index (κ1) is 10.2. The summed E-state index contributed by atoms with van der Waals surface area (Å²) in [6, 6.07) is 7.70. The molecule has 0 aliphatic carbocycles. The van der Waals surface area contributed by atoms with E-state index in [0.717, 1.165) is 11.1 Å². The summed E-state index contributed by atoms with van der Waals surface area (Å²) in [5.41, 5.74) is 2.02. The molecule has 0 amide bonds. The third kappa shape index (κ3) is 2.19. The molecule has 2 aromatic rings. The molecule has 0 N–H and O–H groups in total. The van der Waals surface area contributed by atoms with E-state index in [-0.39, 0.29) is 5.82 Å². The Morgan fingerprint density at radius 1 is 1.12 bits per heavy atom. The number of carbonyl (C=O) groups excluding carboxylic acids is 1. The first-order valence-electron chi connectivity index (χ1n) is 4.58. The second kappa shape index (κ2) is 4.47. The van der Waals surface area contributed by atoms with Gasteiger partial charge in [-0.1, -0.05) is 12.1 Å². The summed E-state index contributed by atoms with van der Waals surface area (Å²) in [5, 5.41) is 0. The molecule has 0 fully saturated rings. The lowest BCUT2D eigenvalue weighted by Gasteiger charge is -2.01. The van der Waals surface area contributed by atoms with Gasteiger partial charge in [-0.3, -0.25) is 4.98 Å². The molecule has 0 aliphatic heterocycles. The lowest BCUT2D eigenvalue weighted by atomic mass is 10.1. The Morgan fingerprint density at radius 2 is 1.88 bits per heavy atom. The van der Waals surface area contributed by atoms with Gasteiger partial charge in [-0.05, 0) is 23.8 Å². The fourth-order valence-electron chi connectivity index (χ4n) is 1.34. The minimum absolute atomic E-state index is 0.293. The van der Waals surface area contributed by atoms with Crippen LogP contribution in [-0.4, -0.2) is 11.1 Å². The normalized spacial score (nSPS) is 9.56. The molecular weight excluding hydrogens is 207 g/mol. The van der Waals surface area contributed by atoms with E-state index in [1.807, 2.05) is 0 Å². The van der Waals surface area contributed by atoms with Crippen molar-refractivity contribution in [3.8, 4) is 11.1 Å². The molecule has 0 unspecified atom stereocenters. The van der Waals surface area contributed by atoms with Crippen molar-refractivity contribution in [3.63, 3.8) is 0 Å². The fourth-order valence-corrected chi connectivity index (χ4v) is 1.34. The average molecular weight is 214 g/mol. The highest BCUT2D eigenvalue weighted by Gasteiger charge is 1.99. The third-order valence-electron chi connectivity index (χ3n) is 2.08. The molecule has 0 aliphatic rings. The maximum atomic E-state index is 12.7. The van der Waals surface area contributed by atoms with Crippen LogP contribution in [0.15, 0.2) is 47.7 Å². The largest absolute Gasteiger partial charge is 0.262 e. The zero-order chi connectivity index (χ0) is 11.4. The molecule has 78 valence electrons. The molecule has 0 atom stereocenters. The third-order valence-corrected chi connectivity index (χ3v) is 2.08. The van der Waals surface area contributed by atoms with E-state index >= 15 is 0 Å². The Labute approximate surface area is 91.3 Å². The van der Waals surface area contributed by atoms with Crippen molar-refractivity contribution in [2.24, 2.45) is 4.99 Å². The van der Waals surface area contributed by atoms with Gasteiger partial charge >= 0.3 is 0 Å². The molecule has 0 saturated heterocycles. The molecule has 4 heteroatoms. The summed E-state index contributed by atoms with van der Waals surface area (Å²) >= 11 is 0. The monoisotopic (exact) mass is 214 g/mol. The van der Waals surface area contributed by atoms with Gasteiger partial charge in [-0.2, -0.15) is 4.99 Å². The molecular formula is C12H7FN2O. The molecule has 0 spiro atoms. The summed E-state index contributed by atoms with van der Waals surface area (Å²) in [5.74, 6) is -0.293. The highest BCUT2D eigenvalue weighted by molar-refractivity contribution is 5.66. The van der Waals surface area contributed by atoms with Gasteiger partial charge in [-0.15, -0.1) is 0 Å². The average Bonchev–Trinajstić information content (AvgIpc) is 2.31. The predicted molar refractivity (Wildman–Crippen MR) is 57.4 cm³/mol. The van der Waals surface area contributed by atoms with Crippen molar-refractivity contribution in [2.75, 3.05) is 0 Å². The van der Waals surface area contributed by atoms with Crippen LogP contribution in [0.4, 0.5) is 10.1 Å². The zero-order valence-electron chi connectivity index (χ0n) is 8.22. The standard InChI is InChI=1S/C12H7FN2O/c13-11-3-1-9(2-4-11)10-5-12(15-8-16)7-14-6-10/h1-7H. The molecule has 0 saturated carbocycles. The molecule has 1 aromatic carbocycles. The number of pyridine rings is 1. The second-order valence-corrected chi connectivity index (χ2v) is 3.14. The van der Waals surface area contributed by atoms with E-state index in [9.17, 15) is 9.18 Å². The van der Waals surface area contributed by atoms with Crippen molar-refractivity contribution in [3.05, 3.63) is 48.5 Å². The van der Waals surface area contributed by atoms with Gasteiger partial charge < -0.3 is 0 Å². The quantitative estimate of drug-likeness (QED) is 0.569. The van der Waals surface area contributed by atoms with Gasteiger partial charge in [0.2, 0.25) is 6.08 Å². The summed E-state index contributed by atoms with van der Waals surface area (Å²) in [6.45, 7) is 0. The van der Waals surface area contributed by atoms with Gasteiger partial charge in [0.1, 0.15) is 5.82 Å². The lowest BCUT2D eigenvalue weighted by molar-refractivity contribution is 0.565. The number of nitrogens with zero attached hydrogens (tertiary/aromatic N) is 2. The lowest BCUT2D eigenvalue weighted by Crippen LogP contribution is -1.80. The van der Waals surface area contributed by atoms with Crippen LogP contribution in [0, 0.1) is 5.82 Å². The van der Waals surface area contributed by atoms with E-state index in [2.05, 4.69) is 9.98 Å². The highest BCUT2D eigenvalue weighted by atomic mass is 19.1. The van der Waals surface area contributed by atoms with Gasteiger partial charge in [-0.25, -0.2) is 9.18 Å². The molecule has 1 aromatic heterocycles. The molecule has 0 radical (unpaired) electrons. The Kier molecular flexibility index (Phi) is 2.85. The maximum Gasteiger partial charge on any atom is 0.240 e. The summed E-state index contributed by atoms with van der Waals surface area (Å²) in [6.07, 6.45) is 4.53. The predicted octanol–water partition coefficient (Wildman–Crippen LogP) is 2.86. The van der Waals surface area contributed by atoms with Crippen LogP contribution < -0.4 is 0 Å². The Morgan fingerprint density at radius 3 is 2.56 bits per heavy atom. The Hall–Kier alpha value is -2.32. The van der Waals surface area contributed by atoms with E-state index < -0.39 is 0 Å². The SMILES string of the molecule is O=C=Nc1cncc(-c2ccc(F)cc2)c1. The van der Waals surface area contributed by atoms with E-state index in [4.69, 9.17) is 0 Å². The van der Waals surface area contributed by atoms with E-state index in [1.54, 1.807) is 24.4 Å². The molecule has 16 heavy (non-hydrogen) atoms. The number of isocyanates is 1. The number of aliphatic imine (C=N–C) groups is 1. The van der Waals surface area contributed by atoms with Crippen LogP contribution in [0.2, 0.25) is 0 Å². The van der Waals surface area contributed by atoms with Crippen LogP contribution >= 0.6 is 0 Å². The zero-order valence-corrected chi connectivity index (χ0v) is 8.22. The summed E-state index contributed by atoms with van der Waals surface area (Å²) in [4.78, 5) is 17.5. The molecule has 0 bridgehead atoms. The molecule has 2 rings (SSSR count). The van der Waals surface area contributed by atoms with Crippen molar-refractivity contribution in [1.82, 2.24) is 4.98 Å². The van der Waals surface area contributed by atoms with Crippen molar-refractivity contribution in [2.45, 2.75) is 0 Å². The maximum absolute atomic E-state index is 12.7. The van der Waals surface area contributed by atoms with E-state index in [1.165, 1.54) is 24.4 Å². The summed E-state index contributed by atoms with van der Waals surface area (Å²) < 4.78 is 12.7. The number of hydrogen-bond acceptors (Lipinski definition) is 3. The van der Waals surface area contributed by atoms with Crippen molar-refractivity contribution >= 4 is 11.8 Å².